The van der Waals surface area contributed by atoms with Gasteiger partial charge in [-0.2, -0.15) is 0 Å². The highest BCUT2D eigenvalue weighted by molar-refractivity contribution is 4.93. The monoisotopic (exact) mass is 181 g/mol. The number of hydrogen-bond donors (Lipinski definition) is 1. The van der Waals surface area contributed by atoms with Crippen LogP contribution in [0.5, 0.6) is 0 Å². The zero-order chi connectivity index (χ0) is 9.68. The van der Waals surface area contributed by atoms with Crippen molar-refractivity contribution in [2.24, 2.45) is 5.92 Å². The number of hydrogen-bond acceptors (Lipinski definition) is 2. The first-order valence-corrected chi connectivity index (χ1v) is 4.88. The molecule has 3 nitrogen and oxygen atoms in total. The van der Waals surface area contributed by atoms with E-state index in [-0.39, 0.29) is 0 Å². The Morgan fingerprint density at radius 1 is 1.62 bits per heavy atom. The fourth-order valence-corrected chi connectivity index (χ4v) is 1.39. The quantitative estimate of drug-likeness (QED) is 0.752. The van der Waals surface area contributed by atoms with Gasteiger partial charge in [0, 0.05) is 25.0 Å². The predicted molar refractivity (Wildman–Crippen MR) is 54.4 cm³/mol. The minimum absolute atomic E-state index is 0.771. The van der Waals surface area contributed by atoms with E-state index in [9.17, 15) is 0 Å². The lowest BCUT2D eigenvalue weighted by molar-refractivity contribution is 0.273. The summed E-state index contributed by atoms with van der Waals surface area (Å²) in [6, 6.07) is 0. The molecule has 1 N–H and O–H groups in total. The van der Waals surface area contributed by atoms with Crippen LogP contribution in [0.15, 0.2) is 12.5 Å². The second-order valence-corrected chi connectivity index (χ2v) is 3.79. The van der Waals surface area contributed by atoms with Gasteiger partial charge in [0.2, 0.25) is 0 Å². The topological polar surface area (TPSA) is 31.9 Å². The Morgan fingerprint density at radius 2 is 2.38 bits per heavy atom. The fourth-order valence-electron chi connectivity index (χ4n) is 1.39. The molecule has 1 heterocycles. The van der Waals surface area contributed by atoms with Gasteiger partial charge in [-0.1, -0.05) is 20.3 Å². The number of aromatic amines is 1. The molecule has 3 heteroatoms. The summed E-state index contributed by atoms with van der Waals surface area (Å²) in [5.41, 5.74) is 1.19. The first-order chi connectivity index (χ1) is 6.22. The second-order valence-electron chi connectivity index (χ2n) is 3.79. The van der Waals surface area contributed by atoms with Crippen LogP contribution in [0.2, 0.25) is 0 Å². The van der Waals surface area contributed by atoms with E-state index in [1.165, 1.54) is 12.1 Å². The molecule has 0 saturated carbocycles. The molecule has 0 spiro atoms. The van der Waals surface area contributed by atoms with Gasteiger partial charge in [0.1, 0.15) is 0 Å². The van der Waals surface area contributed by atoms with Gasteiger partial charge in [-0.25, -0.2) is 4.98 Å². The van der Waals surface area contributed by atoms with Crippen LogP contribution < -0.4 is 0 Å². The predicted octanol–water partition coefficient (Wildman–Crippen LogP) is 1.89. The van der Waals surface area contributed by atoms with Crippen molar-refractivity contribution < 1.29 is 0 Å². The van der Waals surface area contributed by atoms with E-state index in [0.29, 0.717) is 0 Å². The zero-order valence-electron chi connectivity index (χ0n) is 8.75. The largest absolute Gasteiger partial charge is 0.347 e. The van der Waals surface area contributed by atoms with Gasteiger partial charge < -0.3 is 9.88 Å². The van der Waals surface area contributed by atoms with E-state index < -0.39 is 0 Å². The van der Waals surface area contributed by atoms with Crippen LogP contribution in [-0.2, 0) is 6.54 Å². The lowest BCUT2D eigenvalue weighted by Gasteiger charge is -2.19. The second kappa shape index (κ2) is 5.02. The van der Waals surface area contributed by atoms with Crippen LogP contribution in [0.1, 0.15) is 26.0 Å². The van der Waals surface area contributed by atoms with E-state index >= 15 is 0 Å². The van der Waals surface area contributed by atoms with Crippen molar-refractivity contribution in [3.63, 3.8) is 0 Å². The Hall–Kier alpha value is -0.830. The Balaban J connectivity index is 2.29. The zero-order valence-corrected chi connectivity index (χ0v) is 8.75. The third-order valence-corrected chi connectivity index (χ3v) is 2.32. The number of nitrogens with zero attached hydrogens (tertiary/aromatic N) is 2. The third-order valence-electron chi connectivity index (χ3n) is 2.32. The molecule has 0 radical (unpaired) electrons. The first-order valence-electron chi connectivity index (χ1n) is 4.88. The summed E-state index contributed by atoms with van der Waals surface area (Å²) in [6.07, 6.45) is 4.85. The van der Waals surface area contributed by atoms with Crippen molar-refractivity contribution in [1.82, 2.24) is 14.9 Å². The Bertz CT molecular complexity index is 218. The minimum Gasteiger partial charge on any atom is -0.347 e. The lowest BCUT2D eigenvalue weighted by Crippen LogP contribution is -2.23. The summed E-state index contributed by atoms with van der Waals surface area (Å²) in [5.74, 6) is 0.771. The molecular formula is C10H19N3. The molecule has 0 saturated heterocycles. The van der Waals surface area contributed by atoms with Crippen molar-refractivity contribution in [1.29, 1.82) is 0 Å². The van der Waals surface area contributed by atoms with Gasteiger partial charge in [0.15, 0.2) is 0 Å². The molecule has 0 fully saturated rings. The van der Waals surface area contributed by atoms with Crippen LogP contribution in [0.4, 0.5) is 0 Å². The number of nitrogens with one attached hydrogen (secondary N) is 1. The first kappa shape index (κ1) is 10.3. The molecule has 13 heavy (non-hydrogen) atoms. The van der Waals surface area contributed by atoms with Gasteiger partial charge in [-0.3, -0.25) is 0 Å². The van der Waals surface area contributed by atoms with Crippen molar-refractivity contribution in [3.05, 3.63) is 18.2 Å². The van der Waals surface area contributed by atoms with Crippen LogP contribution in [0, 0.1) is 5.92 Å². The van der Waals surface area contributed by atoms with E-state index in [2.05, 4.69) is 35.8 Å². The summed E-state index contributed by atoms with van der Waals surface area (Å²) in [4.78, 5) is 9.42. The van der Waals surface area contributed by atoms with Crippen molar-refractivity contribution >= 4 is 0 Å². The molecule has 0 amide bonds. The molecule has 1 aromatic rings. The molecule has 1 rings (SSSR count). The highest BCUT2D eigenvalue weighted by Gasteiger charge is 2.05. The summed E-state index contributed by atoms with van der Waals surface area (Å²) in [7, 11) is 2.15. The van der Waals surface area contributed by atoms with Crippen molar-refractivity contribution in [2.75, 3.05) is 13.6 Å². The van der Waals surface area contributed by atoms with Crippen LogP contribution in [0.25, 0.3) is 0 Å². The van der Waals surface area contributed by atoms with Crippen LogP contribution >= 0.6 is 0 Å². The molecule has 0 aliphatic heterocycles. The minimum atomic E-state index is 0.771. The van der Waals surface area contributed by atoms with Gasteiger partial charge >= 0.3 is 0 Å². The number of imidazole rings is 1. The number of aromatic nitrogens is 2. The fraction of sp³-hybridized carbons (Fsp3) is 0.700. The molecular weight excluding hydrogens is 162 g/mol. The average molecular weight is 181 g/mol. The normalized spacial score (nSPS) is 13.5. The molecule has 0 aromatic carbocycles. The van der Waals surface area contributed by atoms with E-state index in [1.807, 2.05) is 6.20 Å². The van der Waals surface area contributed by atoms with E-state index in [4.69, 9.17) is 0 Å². The van der Waals surface area contributed by atoms with Crippen LogP contribution in [-0.4, -0.2) is 28.5 Å². The Kier molecular flexibility index (Phi) is 3.96. The number of rotatable bonds is 5. The van der Waals surface area contributed by atoms with Gasteiger partial charge in [0.25, 0.3) is 0 Å². The van der Waals surface area contributed by atoms with Crippen molar-refractivity contribution in [3.8, 4) is 0 Å². The maximum absolute atomic E-state index is 3.99. The van der Waals surface area contributed by atoms with Gasteiger partial charge in [0.05, 0.1) is 6.33 Å². The summed E-state index contributed by atoms with van der Waals surface area (Å²) < 4.78 is 0. The highest BCUT2D eigenvalue weighted by atomic mass is 15.1. The standard InChI is InChI=1S/C10H19N3/c1-4-9(2)6-13(3)7-10-5-11-8-12-10/h5,8-9H,4,6-7H2,1-3H3,(H,11,12). The van der Waals surface area contributed by atoms with Crippen LogP contribution in [0.3, 0.4) is 0 Å². The summed E-state index contributed by atoms with van der Waals surface area (Å²) in [6.45, 7) is 6.62. The van der Waals surface area contributed by atoms with Gasteiger partial charge in [-0.15, -0.1) is 0 Å². The van der Waals surface area contributed by atoms with Crippen molar-refractivity contribution in [2.45, 2.75) is 26.8 Å². The maximum atomic E-state index is 3.99. The van der Waals surface area contributed by atoms with E-state index in [0.717, 1.165) is 19.0 Å². The molecule has 1 aromatic heterocycles. The lowest BCUT2D eigenvalue weighted by atomic mass is 10.1. The van der Waals surface area contributed by atoms with E-state index in [1.54, 1.807) is 6.33 Å². The Labute approximate surface area is 80.2 Å². The summed E-state index contributed by atoms with van der Waals surface area (Å²) in [5, 5.41) is 0. The average Bonchev–Trinajstić information content (AvgIpc) is 2.56. The third kappa shape index (κ3) is 3.59. The molecule has 0 aliphatic carbocycles. The van der Waals surface area contributed by atoms with Gasteiger partial charge in [-0.05, 0) is 13.0 Å². The molecule has 1 unspecified atom stereocenters. The number of H-pyrrole nitrogens is 1. The molecule has 0 bridgehead atoms. The SMILES string of the molecule is CCC(C)CN(C)Cc1cnc[nH]1. The molecule has 0 aliphatic rings. The highest BCUT2D eigenvalue weighted by Crippen LogP contribution is 2.05. The smallest absolute Gasteiger partial charge is 0.0922 e. The molecule has 1 atom stereocenters. The maximum Gasteiger partial charge on any atom is 0.0922 e. The molecule has 74 valence electrons. The Morgan fingerprint density at radius 3 is 2.92 bits per heavy atom. The summed E-state index contributed by atoms with van der Waals surface area (Å²) >= 11 is 0.